The third-order valence-electron chi connectivity index (χ3n) is 3.29. The molecule has 12 heteroatoms. The van der Waals surface area contributed by atoms with Crippen molar-refractivity contribution < 1.29 is 19.4 Å². The molecule has 0 aromatic heterocycles. The molecule has 0 aliphatic carbocycles. The first kappa shape index (κ1) is 20.8. The van der Waals surface area contributed by atoms with Crippen LogP contribution in [0.15, 0.2) is 58.7 Å². The predicted octanol–water partition coefficient (Wildman–Crippen LogP) is 1.49. The Morgan fingerprint density at radius 2 is 1.24 bits per heavy atom. The number of nitrogens with zero attached hydrogens (tertiary/aromatic N) is 4. The molecule has 148 valence electrons. The van der Waals surface area contributed by atoms with Gasteiger partial charge in [-0.25, -0.2) is 10.9 Å². The standard InChI is InChI=1S/C17H14N6O6/c24-16(20-18-10-12-3-1-5-14(7-12)22(26)27)9-17(25)21-19-11-13-4-2-6-15(8-13)23(28)29/h1-8,10-11H,9H2,(H,20,24)(H,21,25). The van der Waals surface area contributed by atoms with Crippen LogP contribution in [0.25, 0.3) is 0 Å². The van der Waals surface area contributed by atoms with Gasteiger partial charge in [-0.3, -0.25) is 29.8 Å². The Hall–Kier alpha value is -4.48. The smallest absolute Gasteiger partial charge is 0.270 e. The molecular formula is C17H14N6O6. The fourth-order valence-corrected chi connectivity index (χ4v) is 2.02. The minimum atomic E-state index is -0.727. The molecule has 2 aromatic carbocycles. The van der Waals surface area contributed by atoms with Gasteiger partial charge in [0.05, 0.1) is 22.3 Å². The number of rotatable bonds is 8. The molecule has 0 aliphatic heterocycles. The van der Waals surface area contributed by atoms with Crippen molar-refractivity contribution in [2.24, 2.45) is 10.2 Å². The largest absolute Gasteiger partial charge is 0.273 e. The van der Waals surface area contributed by atoms with Crippen molar-refractivity contribution in [1.29, 1.82) is 0 Å². The van der Waals surface area contributed by atoms with Crippen LogP contribution >= 0.6 is 0 Å². The van der Waals surface area contributed by atoms with Gasteiger partial charge in [0.2, 0.25) is 11.8 Å². The number of hydrogen-bond donors (Lipinski definition) is 2. The second-order valence-electron chi connectivity index (χ2n) is 5.47. The third kappa shape index (κ3) is 6.97. The molecule has 0 unspecified atom stereocenters. The SMILES string of the molecule is O=C(CC(=O)NN=Cc1cccc([N+](=O)[O-])c1)NN=Cc1cccc([N+](=O)[O-])c1. The van der Waals surface area contributed by atoms with E-state index in [0.29, 0.717) is 11.1 Å². The van der Waals surface area contributed by atoms with E-state index < -0.39 is 28.1 Å². The van der Waals surface area contributed by atoms with E-state index >= 15 is 0 Å². The maximum Gasteiger partial charge on any atom is 0.270 e. The summed E-state index contributed by atoms with van der Waals surface area (Å²) >= 11 is 0. The summed E-state index contributed by atoms with van der Waals surface area (Å²) in [6, 6.07) is 11.2. The van der Waals surface area contributed by atoms with Gasteiger partial charge in [-0.1, -0.05) is 24.3 Å². The van der Waals surface area contributed by atoms with E-state index in [2.05, 4.69) is 21.1 Å². The maximum absolute atomic E-state index is 11.7. The number of carbonyl (C=O) groups is 2. The molecule has 0 radical (unpaired) electrons. The summed E-state index contributed by atoms with van der Waals surface area (Å²) in [6.45, 7) is 0. The average Bonchev–Trinajstić information content (AvgIpc) is 2.68. The fourth-order valence-electron chi connectivity index (χ4n) is 2.02. The van der Waals surface area contributed by atoms with Gasteiger partial charge in [0.1, 0.15) is 6.42 Å². The Bertz CT molecular complexity index is 924. The lowest BCUT2D eigenvalue weighted by Crippen LogP contribution is -2.27. The van der Waals surface area contributed by atoms with Crippen LogP contribution in [-0.4, -0.2) is 34.1 Å². The van der Waals surface area contributed by atoms with Crippen LogP contribution < -0.4 is 10.9 Å². The van der Waals surface area contributed by atoms with E-state index in [1.54, 1.807) is 12.1 Å². The highest BCUT2D eigenvalue weighted by atomic mass is 16.6. The summed E-state index contributed by atoms with van der Waals surface area (Å²) in [4.78, 5) is 43.6. The van der Waals surface area contributed by atoms with Crippen molar-refractivity contribution in [1.82, 2.24) is 10.9 Å². The highest BCUT2D eigenvalue weighted by Gasteiger charge is 2.08. The molecule has 0 fully saturated rings. The zero-order valence-corrected chi connectivity index (χ0v) is 14.7. The lowest BCUT2D eigenvalue weighted by atomic mass is 10.2. The second kappa shape index (κ2) is 10.0. The van der Waals surface area contributed by atoms with Gasteiger partial charge in [0.15, 0.2) is 0 Å². The van der Waals surface area contributed by atoms with E-state index in [-0.39, 0.29) is 11.4 Å². The van der Waals surface area contributed by atoms with Crippen molar-refractivity contribution >= 4 is 35.6 Å². The van der Waals surface area contributed by atoms with E-state index in [0.717, 1.165) is 0 Å². The molecule has 0 heterocycles. The number of benzene rings is 2. The Labute approximate surface area is 163 Å². The fraction of sp³-hybridized carbons (Fsp3) is 0.0588. The van der Waals surface area contributed by atoms with Gasteiger partial charge < -0.3 is 0 Å². The molecule has 0 bridgehead atoms. The Balaban J connectivity index is 1.81. The molecule has 2 amide bonds. The number of nitro groups is 2. The molecule has 0 saturated carbocycles. The number of hydrogen-bond acceptors (Lipinski definition) is 8. The zero-order chi connectivity index (χ0) is 21.2. The zero-order valence-electron chi connectivity index (χ0n) is 14.7. The Kier molecular flexibility index (Phi) is 7.19. The van der Waals surface area contributed by atoms with Crippen LogP contribution in [0, 0.1) is 20.2 Å². The molecule has 12 nitrogen and oxygen atoms in total. The number of non-ortho nitro benzene ring substituents is 2. The minimum absolute atomic E-state index is 0.124. The van der Waals surface area contributed by atoms with Crippen LogP contribution in [-0.2, 0) is 9.59 Å². The van der Waals surface area contributed by atoms with Crippen molar-refractivity contribution in [3.05, 3.63) is 79.9 Å². The highest BCUT2D eigenvalue weighted by molar-refractivity contribution is 5.97. The number of carbonyl (C=O) groups excluding carboxylic acids is 2. The molecule has 0 spiro atoms. The first-order valence-electron chi connectivity index (χ1n) is 7.98. The lowest BCUT2D eigenvalue weighted by molar-refractivity contribution is -0.385. The summed E-state index contributed by atoms with van der Waals surface area (Å²) in [6.07, 6.45) is 1.82. The van der Waals surface area contributed by atoms with Crippen LogP contribution in [0.5, 0.6) is 0 Å². The van der Waals surface area contributed by atoms with Crippen molar-refractivity contribution in [3.8, 4) is 0 Å². The average molecular weight is 398 g/mol. The van der Waals surface area contributed by atoms with Crippen molar-refractivity contribution in [2.75, 3.05) is 0 Å². The van der Waals surface area contributed by atoms with Gasteiger partial charge in [0, 0.05) is 35.4 Å². The summed E-state index contributed by atoms with van der Waals surface area (Å²) in [7, 11) is 0. The van der Waals surface area contributed by atoms with Gasteiger partial charge in [0.25, 0.3) is 11.4 Å². The van der Waals surface area contributed by atoms with Gasteiger partial charge in [-0.15, -0.1) is 0 Å². The summed E-state index contributed by atoms with van der Waals surface area (Å²) < 4.78 is 0. The van der Waals surface area contributed by atoms with Crippen LogP contribution in [0.3, 0.4) is 0 Å². The molecule has 29 heavy (non-hydrogen) atoms. The van der Waals surface area contributed by atoms with Crippen LogP contribution in [0.1, 0.15) is 17.5 Å². The van der Waals surface area contributed by atoms with Gasteiger partial charge in [-0.2, -0.15) is 10.2 Å². The monoisotopic (exact) mass is 398 g/mol. The number of nitrogens with one attached hydrogen (secondary N) is 2. The predicted molar refractivity (Wildman–Crippen MR) is 102 cm³/mol. The van der Waals surface area contributed by atoms with E-state index in [4.69, 9.17) is 0 Å². The first-order valence-corrected chi connectivity index (χ1v) is 7.98. The van der Waals surface area contributed by atoms with Crippen molar-refractivity contribution in [3.63, 3.8) is 0 Å². The molecule has 0 atom stereocenters. The minimum Gasteiger partial charge on any atom is -0.273 e. The molecule has 0 aliphatic rings. The van der Waals surface area contributed by atoms with E-state index in [9.17, 15) is 29.8 Å². The Morgan fingerprint density at radius 3 is 1.62 bits per heavy atom. The lowest BCUT2D eigenvalue weighted by Gasteiger charge is -1.99. The normalized spacial score (nSPS) is 10.8. The third-order valence-corrected chi connectivity index (χ3v) is 3.29. The molecule has 2 aromatic rings. The summed E-state index contributed by atoms with van der Waals surface area (Å²) in [5.41, 5.74) is 4.76. The molecule has 2 rings (SSSR count). The van der Waals surface area contributed by atoms with Crippen molar-refractivity contribution in [2.45, 2.75) is 6.42 Å². The second-order valence-corrected chi connectivity index (χ2v) is 5.47. The quantitative estimate of drug-likeness (QED) is 0.295. The first-order chi connectivity index (χ1) is 13.8. The van der Waals surface area contributed by atoms with Gasteiger partial charge >= 0.3 is 0 Å². The summed E-state index contributed by atoms with van der Waals surface area (Å²) in [5, 5.41) is 28.6. The van der Waals surface area contributed by atoms with E-state index in [1.807, 2.05) is 0 Å². The maximum atomic E-state index is 11.7. The number of amides is 2. The number of hydrazone groups is 2. The van der Waals surface area contributed by atoms with E-state index in [1.165, 1.54) is 48.8 Å². The van der Waals surface area contributed by atoms with Gasteiger partial charge in [-0.05, 0) is 0 Å². The molecule has 2 N–H and O–H groups in total. The topological polar surface area (TPSA) is 169 Å². The summed E-state index contributed by atoms with van der Waals surface area (Å²) in [5.74, 6) is -1.45. The molecule has 0 saturated heterocycles. The van der Waals surface area contributed by atoms with Crippen LogP contribution in [0.2, 0.25) is 0 Å². The molecular weight excluding hydrogens is 384 g/mol. The van der Waals surface area contributed by atoms with Crippen LogP contribution in [0.4, 0.5) is 11.4 Å². The number of nitro benzene ring substituents is 2. The highest BCUT2D eigenvalue weighted by Crippen LogP contribution is 2.12. The Morgan fingerprint density at radius 1 is 0.828 bits per heavy atom.